The monoisotopic (exact) mass is 203 g/mol. The lowest BCUT2D eigenvalue weighted by Crippen LogP contribution is -2.46. The molecular formula is C9H17NO4. The fraction of sp³-hybridized carbons (Fsp3) is 0.889. The number of hydrogen-bond acceptors (Lipinski definition) is 4. The van der Waals surface area contributed by atoms with Gasteiger partial charge in [-0.1, -0.05) is 0 Å². The predicted octanol–water partition coefficient (Wildman–Crippen LogP) is -0.817. The normalized spacial score (nSPS) is 22.8. The van der Waals surface area contributed by atoms with Gasteiger partial charge >= 0.3 is 5.97 Å². The Kier molecular flexibility index (Phi) is 3.47. The fourth-order valence-corrected chi connectivity index (χ4v) is 1.19. The molecule has 2 atom stereocenters. The molecule has 0 aliphatic heterocycles. The standard InChI is InChI=1S/C9H17NO4/c1-9(14,8(12)13)5-10-4-7(11)6-2-3-6/h6-7,10-11,14H,2-5H2,1H3,(H,12,13). The number of aliphatic carboxylic acids is 1. The van der Waals surface area contributed by atoms with Crippen LogP contribution in [-0.4, -0.2) is 46.1 Å². The summed E-state index contributed by atoms with van der Waals surface area (Å²) in [5, 5.41) is 30.1. The minimum atomic E-state index is -1.76. The number of aliphatic hydroxyl groups is 2. The molecule has 0 aromatic rings. The first-order chi connectivity index (χ1) is 6.43. The summed E-state index contributed by atoms with van der Waals surface area (Å²) in [4.78, 5) is 10.5. The van der Waals surface area contributed by atoms with Crippen molar-refractivity contribution in [1.29, 1.82) is 0 Å². The van der Waals surface area contributed by atoms with Crippen LogP contribution in [0.1, 0.15) is 19.8 Å². The zero-order valence-corrected chi connectivity index (χ0v) is 8.23. The molecule has 0 saturated heterocycles. The molecule has 0 bridgehead atoms. The van der Waals surface area contributed by atoms with E-state index in [-0.39, 0.29) is 6.54 Å². The van der Waals surface area contributed by atoms with Crippen molar-refractivity contribution in [3.05, 3.63) is 0 Å². The Morgan fingerprint density at radius 1 is 1.64 bits per heavy atom. The van der Waals surface area contributed by atoms with Crippen molar-refractivity contribution in [1.82, 2.24) is 5.32 Å². The molecule has 1 saturated carbocycles. The number of hydrogen-bond donors (Lipinski definition) is 4. The predicted molar refractivity (Wildman–Crippen MR) is 49.9 cm³/mol. The fourth-order valence-electron chi connectivity index (χ4n) is 1.19. The molecule has 0 heterocycles. The lowest BCUT2D eigenvalue weighted by Gasteiger charge is -2.19. The van der Waals surface area contributed by atoms with E-state index in [0.29, 0.717) is 12.5 Å². The minimum absolute atomic E-state index is 0.0495. The van der Waals surface area contributed by atoms with Gasteiger partial charge < -0.3 is 20.6 Å². The largest absolute Gasteiger partial charge is 0.479 e. The van der Waals surface area contributed by atoms with Crippen LogP contribution in [0.4, 0.5) is 0 Å². The van der Waals surface area contributed by atoms with Gasteiger partial charge in [0.1, 0.15) is 0 Å². The maximum absolute atomic E-state index is 10.5. The van der Waals surface area contributed by atoms with E-state index in [1.807, 2.05) is 0 Å². The van der Waals surface area contributed by atoms with E-state index < -0.39 is 17.7 Å². The van der Waals surface area contributed by atoms with Gasteiger partial charge in [-0.25, -0.2) is 4.79 Å². The third-order valence-electron chi connectivity index (χ3n) is 2.45. The summed E-state index contributed by atoms with van der Waals surface area (Å²) in [5.74, 6) is -0.900. The molecule has 14 heavy (non-hydrogen) atoms. The molecule has 0 spiro atoms. The number of carboxylic acid groups (broad SMARTS) is 1. The van der Waals surface area contributed by atoms with E-state index in [2.05, 4.69) is 5.32 Å². The van der Waals surface area contributed by atoms with Crippen molar-refractivity contribution >= 4 is 5.97 Å². The summed E-state index contributed by atoms with van der Waals surface area (Å²) in [6.45, 7) is 1.52. The van der Waals surface area contributed by atoms with Crippen molar-refractivity contribution in [3.63, 3.8) is 0 Å². The zero-order valence-electron chi connectivity index (χ0n) is 8.23. The van der Waals surface area contributed by atoms with Gasteiger partial charge in [-0.2, -0.15) is 0 Å². The van der Waals surface area contributed by atoms with Crippen LogP contribution in [0.15, 0.2) is 0 Å². The van der Waals surface area contributed by atoms with Crippen LogP contribution in [0.25, 0.3) is 0 Å². The average Bonchev–Trinajstić information content (AvgIpc) is 2.85. The summed E-state index contributed by atoms with van der Waals surface area (Å²) in [5.41, 5.74) is -1.76. The minimum Gasteiger partial charge on any atom is -0.479 e. The highest BCUT2D eigenvalue weighted by atomic mass is 16.4. The maximum atomic E-state index is 10.5. The number of rotatable bonds is 6. The maximum Gasteiger partial charge on any atom is 0.336 e. The van der Waals surface area contributed by atoms with Crippen molar-refractivity contribution in [2.75, 3.05) is 13.1 Å². The van der Waals surface area contributed by atoms with Crippen molar-refractivity contribution in [2.45, 2.75) is 31.5 Å². The molecule has 1 fully saturated rings. The van der Waals surface area contributed by atoms with E-state index in [9.17, 15) is 15.0 Å². The summed E-state index contributed by atoms with van der Waals surface area (Å²) in [6, 6.07) is 0. The topological polar surface area (TPSA) is 89.8 Å². The molecule has 0 radical (unpaired) electrons. The SMILES string of the molecule is CC(O)(CNCC(O)C1CC1)C(=O)O. The molecular weight excluding hydrogens is 186 g/mol. The molecule has 5 heteroatoms. The molecule has 0 aromatic carbocycles. The Balaban J connectivity index is 2.16. The second-order valence-electron chi connectivity index (χ2n) is 4.11. The third kappa shape index (κ3) is 3.25. The van der Waals surface area contributed by atoms with E-state index in [1.165, 1.54) is 6.92 Å². The Hall–Kier alpha value is -0.650. The van der Waals surface area contributed by atoms with Crippen LogP contribution in [0.2, 0.25) is 0 Å². The lowest BCUT2D eigenvalue weighted by molar-refractivity contribution is -0.156. The molecule has 2 unspecified atom stereocenters. The summed E-state index contributed by atoms with van der Waals surface area (Å²) >= 11 is 0. The van der Waals surface area contributed by atoms with Crippen LogP contribution in [-0.2, 0) is 4.79 Å². The lowest BCUT2D eigenvalue weighted by atomic mass is 10.1. The van der Waals surface area contributed by atoms with E-state index in [0.717, 1.165) is 12.8 Å². The van der Waals surface area contributed by atoms with Crippen molar-refractivity contribution in [2.24, 2.45) is 5.92 Å². The number of carboxylic acids is 1. The highest BCUT2D eigenvalue weighted by Gasteiger charge is 2.32. The van der Waals surface area contributed by atoms with Gasteiger partial charge in [-0.3, -0.25) is 0 Å². The zero-order chi connectivity index (χ0) is 10.8. The van der Waals surface area contributed by atoms with Gasteiger partial charge in [-0.15, -0.1) is 0 Å². The first-order valence-corrected chi connectivity index (χ1v) is 4.78. The van der Waals surface area contributed by atoms with Gasteiger partial charge in [0, 0.05) is 13.1 Å². The first kappa shape index (κ1) is 11.4. The summed E-state index contributed by atoms with van der Waals surface area (Å²) in [6.07, 6.45) is 1.66. The summed E-state index contributed by atoms with van der Waals surface area (Å²) in [7, 11) is 0. The Bertz CT molecular complexity index is 213. The van der Waals surface area contributed by atoms with Crippen LogP contribution < -0.4 is 5.32 Å². The molecule has 0 amide bonds. The third-order valence-corrected chi connectivity index (χ3v) is 2.45. The highest BCUT2D eigenvalue weighted by Crippen LogP contribution is 2.32. The average molecular weight is 203 g/mol. The van der Waals surface area contributed by atoms with Gasteiger partial charge in [0.15, 0.2) is 5.60 Å². The molecule has 4 N–H and O–H groups in total. The first-order valence-electron chi connectivity index (χ1n) is 4.78. The van der Waals surface area contributed by atoms with Gasteiger partial charge in [0.2, 0.25) is 0 Å². The van der Waals surface area contributed by atoms with Crippen molar-refractivity contribution < 1.29 is 20.1 Å². The smallest absolute Gasteiger partial charge is 0.336 e. The van der Waals surface area contributed by atoms with Crippen molar-refractivity contribution in [3.8, 4) is 0 Å². The molecule has 0 aromatic heterocycles. The second-order valence-corrected chi connectivity index (χ2v) is 4.11. The van der Waals surface area contributed by atoms with Crippen LogP contribution >= 0.6 is 0 Å². The molecule has 1 aliphatic rings. The van der Waals surface area contributed by atoms with Crippen LogP contribution in [0.3, 0.4) is 0 Å². The van der Waals surface area contributed by atoms with Gasteiger partial charge in [0.05, 0.1) is 6.10 Å². The molecule has 1 rings (SSSR count). The quantitative estimate of drug-likeness (QED) is 0.453. The van der Waals surface area contributed by atoms with Crippen LogP contribution in [0, 0.1) is 5.92 Å². The van der Waals surface area contributed by atoms with Gasteiger partial charge in [-0.05, 0) is 25.7 Å². The van der Waals surface area contributed by atoms with E-state index >= 15 is 0 Å². The Labute approximate surface area is 82.7 Å². The molecule has 1 aliphatic carbocycles. The number of carbonyl (C=O) groups is 1. The number of nitrogens with one attached hydrogen (secondary N) is 1. The van der Waals surface area contributed by atoms with E-state index in [4.69, 9.17) is 5.11 Å². The van der Waals surface area contributed by atoms with E-state index in [1.54, 1.807) is 0 Å². The molecule has 82 valence electrons. The Morgan fingerprint density at radius 3 is 2.64 bits per heavy atom. The second kappa shape index (κ2) is 4.25. The highest BCUT2D eigenvalue weighted by molar-refractivity contribution is 5.76. The van der Waals surface area contributed by atoms with Gasteiger partial charge in [0.25, 0.3) is 0 Å². The Morgan fingerprint density at radius 2 is 2.21 bits per heavy atom. The van der Waals surface area contributed by atoms with Crippen LogP contribution in [0.5, 0.6) is 0 Å². The number of aliphatic hydroxyl groups excluding tert-OH is 1. The molecule has 5 nitrogen and oxygen atoms in total. The summed E-state index contributed by atoms with van der Waals surface area (Å²) < 4.78 is 0.